The van der Waals surface area contributed by atoms with Crippen LogP contribution in [-0.4, -0.2) is 16.0 Å². The summed E-state index contributed by atoms with van der Waals surface area (Å²) in [6.45, 7) is 0.261. The summed E-state index contributed by atoms with van der Waals surface area (Å²) in [7, 11) is 0. The number of carbonyl (C=O) groups excluding carboxylic acids is 1. The molecule has 4 rings (SSSR count). The zero-order chi connectivity index (χ0) is 19.5. The van der Waals surface area contributed by atoms with E-state index in [2.05, 4.69) is 4.98 Å². The molecule has 0 atom stereocenters. The molecule has 0 amide bonds. The summed E-state index contributed by atoms with van der Waals surface area (Å²) in [6, 6.07) is 15.0. The van der Waals surface area contributed by atoms with Gasteiger partial charge in [-0.2, -0.15) is 0 Å². The standard InChI is InChI=1S/C21H15N2O5/c24-21-18-6-5-17(27-13-15-1-3-16(4-2-15)23(25)26)12-19(18)28-20(21)11-14-7-9-22-10-8-14/h1-12,25H,13H2/q-1. The first-order chi connectivity index (χ1) is 13.6. The number of ketones is 1. The van der Waals surface area contributed by atoms with Crippen LogP contribution in [0, 0.1) is 5.21 Å². The van der Waals surface area contributed by atoms with Crippen molar-refractivity contribution in [3.05, 3.63) is 94.6 Å². The second-order valence-corrected chi connectivity index (χ2v) is 6.11. The normalized spacial score (nSPS) is 13.9. The monoisotopic (exact) mass is 375 g/mol. The molecule has 28 heavy (non-hydrogen) atoms. The lowest BCUT2D eigenvalue weighted by atomic mass is 10.1. The van der Waals surface area contributed by atoms with Gasteiger partial charge in [0.2, 0.25) is 5.78 Å². The summed E-state index contributed by atoms with van der Waals surface area (Å²) in [5, 5.41) is 19.5. The molecule has 1 N–H and O–H groups in total. The van der Waals surface area contributed by atoms with E-state index in [1.807, 2.05) is 0 Å². The summed E-state index contributed by atoms with van der Waals surface area (Å²) in [6.07, 6.45) is 4.96. The third kappa shape index (κ3) is 3.71. The van der Waals surface area contributed by atoms with Crippen LogP contribution in [0.4, 0.5) is 5.69 Å². The lowest BCUT2D eigenvalue weighted by Gasteiger charge is -2.21. The fourth-order valence-electron chi connectivity index (χ4n) is 2.75. The topological polar surface area (TPSA) is 95.0 Å². The third-order valence-electron chi connectivity index (χ3n) is 4.21. The number of aromatic nitrogens is 1. The molecule has 2 heterocycles. The molecule has 1 aliphatic rings. The minimum absolute atomic E-state index is 0.140. The van der Waals surface area contributed by atoms with Crippen LogP contribution in [0.1, 0.15) is 21.5 Å². The average molecular weight is 375 g/mol. The van der Waals surface area contributed by atoms with E-state index in [9.17, 15) is 10.0 Å². The van der Waals surface area contributed by atoms with Gasteiger partial charge in [-0.3, -0.25) is 15.0 Å². The molecule has 1 aromatic heterocycles. The van der Waals surface area contributed by atoms with E-state index in [1.54, 1.807) is 60.9 Å². The van der Waals surface area contributed by atoms with Gasteiger partial charge in [0.15, 0.2) is 5.76 Å². The average Bonchev–Trinajstić information content (AvgIpc) is 3.02. The summed E-state index contributed by atoms with van der Waals surface area (Å²) in [5.74, 6) is 1.06. The van der Waals surface area contributed by atoms with E-state index in [0.29, 0.717) is 17.1 Å². The predicted octanol–water partition coefficient (Wildman–Crippen LogP) is 3.97. The Balaban J connectivity index is 1.46. The lowest BCUT2D eigenvalue weighted by Crippen LogP contribution is -2.06. The van der Waals surface area contributed by atoms with Crippen molar-refractivity contribution in [1.82, 2.24) is 4.98 Å². The Bertz CT molecular complexity index is 1030. The van der Waals surface area contributed by atoms with Gasteiger partial charge in [0.1, 0.15) is 18.1 Å². The van der Waals surface area contributed by atoms with E-state index >= 15 is 0 Å². The number of hydrogen-bond acceptors (Lipinski definition) is 7. The van der Waals surface area contributed by atoms with Crippen molar-refractivity contribution in [3.8, 4) is 11.5 Å². The fourth-order valence-corrected chi connectivity index (χ4v) is 2.75. The quantitative estimate of drug-likeness (QED) is 0.532. The Hall–Kier alpha value is -3.68. The lowest BCUT2D eigenvalue weighted by molar-refractivity contribution is 0.101. The van der Waals surface area contributed by atoms with Crippen molar-refractivity contribution < 1.29 is 19.5 Å². The van der Waals surface area contributed by atoms with E-state index in [4.69, 9.17) is 14.7 Å². The first-order valence-electron chi connectivity index (χ1n) is 8.46. The van der Waals surface area contributed by atoms with Crippen LogP contribution in [0.3, 0.4) is 0 Å². The number of ether oxygens (including phenoxy) is 2. The van der Waals surface area contributed by atoms with Crippen molar-refractivity contribution in [2.45, 2.75) is 6.61 Å². The molecule has 0 unspecified atom stereocenters. The first-order valence-corrected chi connectivity index (χ1v) is 8.46. The number of rotatable bonds is 5. The molecular formula is C21H15N2O5-. The van der Waals surface area contributed by atoms with Crippen LogP contribution in [0.2, 0.25) is 0 Å². The van der Waals surface area contributed by atoms with E-state index in [-0.39, 0.29) is 29.1 Å². The maximum Gasteiger partial charge on any atom is 0.231 e. The van der Waals surface area contributed by atoms with E-state index < -0.39 is 0 Å². The van der Waals surface area contributed by atoms with Gasteiger partial charge in [0.05, 0.1) is 11.3 Å². The largest absolute Gasteiger partial charge is 0.733 e. The number of allylic oxidation sites excluding steroid dienone is 1. The van der Waals surface area contributed by atoms with Gasteiger partial charge in [-0.15, -0.1) is 0 Å². The Kier molecular flexibility index (Phi) is 4.76. The maximum absolute atomic E-state index is 12.5. The second kappa shape index (κ2) is 7.51. The summed E-state index contributed by atoms with van der Waals surface area (Å²) < 4.78 is 11.4. The van der Waals surface area contributed by atoms with Crippen LogP contribution < -0.4 is 14.7 Å². The predicted molar refractivity (Wildman–Crippen MR) is 102 cm³/mol. The van der Waals surface area contributed by atoms with Gasteiger partial charge in [-0.1, -0.05) is 12.1 Å². The summed E-state index contributed by atoms with van der Waals surface area (Å²) >= 11 is 0. The number of pyridine rings is 1. The van der Waals surface area contributed by atoms with Crippen LogP contribution in [0.5, 0.6) is 11.5 Å². The van der Waals surface area contributed by atoms with Crippen molar-refractivity contribution in [2.75, 3.05) is 5.23 Å². The SMILES string of the molecule is O=C1C(=Cc2ccncc2)Oc2cc(OCc3ccc(N([O-])O)cc3)ccc21. The van der Waals surface area contributed by atoms with Gasteiger partial charge in [-0.25, -0.2) is 0 Å². The Morgan fingerprint density at radius 1 is 1.11 bits per heavy atom. The van der Waals surface area contributed by atoms with Crippen molar-refractivity contribution in [1.29, 1.82) is 0 Å². The highest BCUT2D eigenvalue weighted by atomic mass is 16.8. The second-order valence-electron chi connectivity index (χ2n) is 6.11. The fraction of sp³-hybridized carbons (Fsp3) is 0.0476. The molecule has 7 nitrogen and oxygen atoms in total. The minimum Gasteiger partial charge on any atom is -0.733 e. The number of nitrogens with zero attached hydrogens (tertiary/aromatic N) is 2. The first kappa shape index (κ1) is 17.7. The van der Waals surface area contributed by atoms with E-state index in [0.717, 1.165) is 11.1 Å². The molecular weight excluding hydrogens is 360 g/mol. The smallest absolute Gasteiger partial charge is 0.231 e. The van der Waals surface area contributed by atoms with Gasteiger partial charge >= 0.3 is 0 Å². The number of hydrogen-bond donors (Lipinski definition) is 1. The van der Waals surface area contributed by atoms with Gasteiger partial charge in [0.25, 0.3) is 0 Å². The summed E-state index contributed by atoms with van der Waals surface area (Å²) in [4.78, 5) is 16.4. The molecule has 0 fully saturated rings. The molecule has 0 aliphatic carbocycles. The summed E-state index contributed by atoms with van der Waals surface area (Å²) in [5.41, 5.74) is 2.27. The van der Waals surface area contributed by atoms with E-state index in [1.165, 1.54) is 12.1 Å². The zero-order valence-corrected chi connectivity index (χ0v) is 14.6. The molecule has 0 saturated carbocycles. The number of anilines is 1. The van der Waals surface area contributed by atoms with Crippen LogP contribution in [-0.2, 0) is 6.61 Å². The highest BCUT2D eigenvalue weighted by molar-refractivity contribution is 6.14. The van der Waals surface area contributed by atoms with Crippen molar-refractivity contribution in [2.24, 2.45) is 0 Å². The molecule has 0 spiro atoms. The van der Waals surface area contributed by atoms with Crippen LogP contribution in [0.15, 0.2) is 72.8 Å². The molecule has 7 heteroatoms. The van der Waals surface area contributed by atoms with Crippen LogP contribution in [0.25, 0.3) is 6.08 Å². The minimum atomic E-state index is -0.198. The Morgan fingerprint density at radius 2 is 1.86 bits per heavy atom. The number of carbonyl (C=O) groups is 1. The van der Waals surface area contributed by atoms with Gasteiger partial charge < -0.3 is 19.9 Å². The number of fused-ring (bicyclic) bond motifs is 1. The third-order valence-corrected chi connectivity index (χ3v) is 4.21. The van der Waals surface area contributed by atoms with Crippen molar-refractivity contribution in [3.63, 3.8) is 0 Å². The number of benzene rings is 2. The molecule has 140 valence electrons. The molecule has 0 bridgehead atoms. The van der Waals surface area contributed by atoms with Gasteiger partial charge in [-0.05, 0) is 53.6 Å². The highest BCUT2D eigenvalue weighted by Crippen LogP contribution is 2.35. The van der Waals surface area contributed by atoms with Crippen LogP contribution >= 0.6 is 0 Å². The Morgan fingerprint density at radius 3 is 2.57 bits per heavy atom. The van der Waals surface area contributed by atoms with Gasteiger partial charge in [0, 0.05) is 18.5 Å². The molecule has 0 saturated heterocycles. The molecule has 2 aromatic carbocycles. The van der Waals surface area contributed by atoms with Crippen molar-refractivity contribution >= 4 is 17.5 Å². The molecule has 3 aromatic rings. The highest BCUT2D eigenvalue weighted by Gasteiger charge is 2.27. The molecule has 0 radical (unpaired) electrons. The zero-order valence-electron chi connectivity index (χ0n) is 14.6. The maximum atomic E-state index is 12.5. The molecule has 1 aliphatic heterocycles. The Labute approximate surface area is 160 Å². The number of Topliss-reactive ketones (excluding diaryl/α,β-unsaturated/α-hetero) is 1.